The Morgan fingerprint density at radius 1 is 1.22 bits per heavy atom. The molecular formula is C18H17F4N3O2. The van der Waals surface area contributed by atoms with Crippen molar-refractivity contribution in [2.45, 2.75) is 38.6 Å². The number of fused-ring (bicyclic) bond motifs is 1. The van der Waals surface area contributed by atoms with Crippen molar-refractivity contribution in [1.29, 1.82) is 0 Å². The molecule has 5 nitrogen and oxygen atoms in total. The van der Waals surface area contributed by atoms with Crippen molar-refractivity contribution < 1.29 is 27.1 Å². The van der Waals surface area contributed by atoms with E-state index in [2.05, 4.69) is 5.10 Å². The molecule has 1 amide bonds. The molecule has 0 radical (unpaired) electrons. The Morgan fingerprint density at radius 2 is 2.04 bits per heavy atom. The van der Waals surface area contributed by atoms with Crippen LogP contribution in [0.1, 0.15) is 35.4 Å². The Kier molecular flexibility index (Phi) is 4.41. The molecule has 1 aromatic heterocycles. The summed E-state index contributed by atoms with van der Waals surface area (Å²) in [6.07, 6.45) is -3.26. The number of nitrogens with zero attached hydrogens (tertiary/aromatic N) is 3. The number of amides is 1. The standard InChI is InChI=1S/C18H17F4N3O2/c19-13-8-11(9-24-6-1-2-16(24)26)3-4-14(13)25-15-10-27-7-5-12(15)17(23-25)18(20,21)22/h3-4,8H,1-2,5-7,9-10H2. The van der Waals surface area contributed by atoms with Gasteiger partial charge in [0.15, 0.2) is 5.69 Å². The first-order valence-electron chi connectivity index (χ1n) is 8.67. The van der Waals surface area contributed by atoms with Crippen LogP contribution in [0.5, 0.6) is 0 Å². The summed E-state index contributed by atoms with van der Waals surface area (Å²) in [7, 11) is 0. The predicted molar refractivity (Wildman–Crippen MR) is 86.5 cm³/mol. The predicted octanol–water partition coefficient (Wildman–Crippen LogP) is 3.23. The van der Waals surface area contributed by atoms with Crippen molar-refractivity contribution >= 4 is 5.91 Å². The highest BCUT2D eigenvalue weighted by Gasteiger charge is 2.40. The zero-order valence-electron chi connectivity index (χ0n) is 14.4. The maximum atomic E-state index is 14.7. The lowest BCUT2D eigenvalue weighted by molar-refractivity contribution is -0.142. The normalized spacial score (nSPS) is 17.5. The molecule has 1 fully saturated rings. The van der Waals surface area contributed by atoms with Crippen LogP contribution in [0.2, 0.25) is 0 Å². The first-order valence-corrected chi connectivity index (χ1v) is 8.67. The highest BCUT2D eigenvalue weighted by atomic mass is 19.4. The summed E-state index contributed by atoms with van der Waals surface area (Å²) < 4.78 is 60.8. The maximum absolute atomic E-state index is 14.7. The highest BCUT2D eigenvalue weighted by Crippen LogP contribution is 2.36. The lowest BCUT2D eigenvalue weighted by Crippen LogP contribution is -2.24. The van der Waals surface area contributed by atoms with E-state index in [-0.39, 0.29) is 49.0 Å². The van der Waals surface area contributed by atoms with Crippen LogP contribution in [-0.4, -0.2) is 33.7 Å². The van der Waals surface area contributed by atoms with Gasteiger partial charge in [-0.1, -0.05) is 6.07 Å². The molecule has 0 spiro atoms. The number of alkyl halides is 3. The van der Waals surface area contributed by atoms with E-state index < -0.39 is 17.7 Å². The number of hydrogen-bond donors (Lipinski definition) is 0. The van der Waals surface area contributed by atoms with Gasteiger partial charge in [0.25, 0.3) is 0 Å². The highest BCUT2D eigenvalue weighted by molar-refractivity contribution is 5.78. The lowest BCUT2D eigenvalue weighted by Gasteiger charge is -2.17. The Labute approximate surface area is 152 Å². The van der Waals surface area contributed by atoms with Gasteiger partial charge in [-0.2, -0.15) is 18.3 Å². The molecule has 0 unspecified atom stereocenters. The smallest absolute Gasteiger partial charge is 0.375 e. The molecule has 4 rings (SSSR count). The number of benzene rings is 1. The average Bonchev–Trinajstić information content (AvgIpc) is 3.19. The monoisotopic (exact) mass is 383 g/mol. The minimum atomic E-state index is -4.61. The summed E-state index contributed by atoms with van der Waals surface area (Å²) in [5.74, 6) is -0.670. The minimum Gasteiger partial charge on any atom is -0.375 e. The van der Waals surface area contributed by atoms with E-state index in [9.17, 15) is 22.4 Å². The molecule has 0 bridgehead atoms. The van der Waals surface area contributed by atoms with E-state index in [1.165, 1.54) is 12.1 Å². The maximum Gasteiger partial charge on any atom is 0.435 e. The van der Waals surface area contributed by atoms with Crippen molar-refractivity contribution in [3.05, 3.63) is 46.5 Å². The first-order chi connectivity index (χ1) is 12.8. The number of halogens is 4. The zero-order chi connectivity index (χ0) is 19.2. The molecular weight excluding hydrogens is 366 g/mol. The first kappa shape index (κ1) is 18.0. The van der Waals surface area contributed by atoms with Gasteiger partial charge in [0.2, 0.25) is 5.91 Å². The van der Waals surface area contributed by atoms with Crippen molar-refractivity contribution in [2.75, 3.05) is 13.2 Å². The molecule has 1 saturated heterocycles. The van der Waals surface area contributed by atoms with Crippen LogP contribution >= 0.6 is 0 Å². The number of ether oxygens (including phenoxy) is 1. The SMILES string of the molecule is O=C1CCCN1Cc1ccc(-n2nc(C(F)(F)F)c3c2COCC3)c(F)c1. The second kappa shape index (κ2) is 6.63. The molecule has 2 aliphatic heterocycles. The van der Waals surface area contributed by atoms with Crippen LogP contribution in [-0.2, 0) is 35.3 Å². The summed E-state index contributed by atoms with van der Waals surface area (Å²) in [6, 6.07) is 4.24. The van der Waals surface area contributed by atoms with Gasteiger partial charge in [-0.3, -0.25) is 4.79 Å². The molecule has 0 atom stereocenters. The molecule has 0 aliphatic carbocycles. The van der Waals surface area contributed by atoms with E-state index in [0.29, 0.717) is 18.5 Å². The molecule has 0 saturated carbocycles. The van der Waals surface area contributed by atoms with Crippen molar-refractivity contribution in [1.82, 2.24) is 14.7 Å². The third-order valence-corrected chi connectivity index (χ3v) is 4.88. The number of aromatic nitrogens is 2. The van der Waals surface area contributed by atoms with Gasteiger partial charge in [0.05, 0.1) is 18.9 Å². The van der Waals surface area contributed by atoms with Gasteiger partial charge in [0, 0.05) is 25.1 Å². The quantitative estimate of drug-likeness (QED) is 0.765. The van der Waals surface area contributed by atoms with Crippen molar-refractivity contribution in [3.63, 3.8) is 0 Å². The molecule has 27 heavy (non-hydrogen) atoms. The van der Waals surface area contributed by atoms with E-state index in [0.717, 1.165) is 11.1 Å². The van der Waals surface area contributed by atoms with Gasteiger partial charge in [-0.25, -0.2) is 9.07 Å². The Bertz CT molecular complexity index is 891. The van der Waals surface area contributed by atoms with Crippen LogP contribution in [0, 0.1) is 5.82 Å². The van der Waals surface area contributed by atoms with Crippen LogP contribution in [0.25, 0.3) is 5.69 Å². The van der Waals surface area contributed by atoms with Gasteiger partial charge in [0.1, 0.15) is 11.5 Å². The summed E-state index contributed by atoms with van der Waals surface area (Å²) in [5.41, 5.74) is -0.203. The topological polar surface area (TPSA) is 47.4 Å². The molecule has 0 N–H and O–H groups in total. The fourth-order valence-corrected chi connectivity index (χ4v) is 3.58. The third-order valence-electron chi connectivity index (χ3n) is 4.88. The number of carbonyl (C=O) groups excluding carboxylic acids is 1. The van der Waals surface area contributed by atoms with E-state index >= 15 is 0 Å². The number of carbonyl (C=O) groups is 1. The summed E-state index contributed by atoms with van der Waals surface area (Å²) in [5, 5.41) is 3.65. The fourth-order valence-electron chi connectivity index (χ4n) is 3.58. The minimum absolute atomic E-state index is 0.0209. The van der Waals surface area contributed by atoms with Gasteiger partial charge < -0.3 is 9.64 Å². The molecule has 3 heterocycles. The van der Waals surface area contributed by atoms with Crippen LogP contribution in [0.4, 0.5) is 17.6 Å². The molecule has 2 aromatic rings. The van der Waals surface area contributed by atoms with E-state index in [4.69, 9.17) is 4.74 Å². The second-order valence-electron chi connectivity index (χ2n) is 6.69. The Balaban J connectivity index is 1.69. The van der Waals surface area contributed by atoms with Crippen LogP contribution in [0.3, 0.4) is 0 Å². The second-order valence-corrected chi connectivity index (χ2v) is 6.69. The van der Waals surface area contributed by atoms with Crippen LogP contribution in [0.15, 0.2) is 18.2 Å². The van der Waals surface area contributed by atoms with Gasteiger partial charge in [-0.15, -0.1) is 0 Å². The average molecular weight is 383 g/mol. The van der Waals surface area contributed by atoms with Gasteiger partial charge >= 0.3 is 6.18 Å². The van der Waals surface area contributed by atoms with E-state index in [1.54, 1.807) is 11.0 Å². The van der Waals surface area contributed by atoms with Crippen molar-refractivity contribution in [2.24, 2.45) is 0 Å². The summed E-state index contributed by atoms with van der Waals surface area (Å²) >= 11 is 0. The summed E-state index contributed by atoms with van der Waals surface area (Å²) in [6.45, 7) is 1.03. The summed E-state index contributed by atoms with van der Waals surface area (Å²) in [4.78, 5) is 13.3. The van der Waals surface area contributed by atoms with Crippen molar-refractivity contribution in [3.8, 4) is 5.69 Å². The number of rotatable bonds is 3. The van der Waals surface area contributed by atoms with Gasteiger partial charge in [-0.05, 0) is 30.5 Å². The largest absolute Gasteiger partial charge is 0.435 e. The third kappa shape index (κ3) is 3.31. The molecule has 2 aliphatic rings. The molecule has 9 heteroatoms. The zero-order valence-corrected chi connectivity index (χ0v) is 14.4. The molecule has 1 aromatic carbocycles. The van der Waals surface area contributed by atoms with Crippen LogP contribution < -0.4 is 0 Å². The number of hydrogen-bond acceptors (Lipinski definition) is 3. The Morgan fingerprint density at radius 3 is 2.70 bits per heavy atom. The number of likely N-dealkylation sites (tertiary alicyclic amines) is 1. The Hall–Kier alpha value is -2.42. The lowest BCUT2D eigenvalue weighted by atomic mass is 10.1. The fraction of sp³-hybridized carbons (Fsp3) is 0.444. The van der Waals surface area contributed by atoms with E-state index in [1.807, 2.05) is 0 Å². The molecule has 144 valence electrons.